The van der Waals surface area contributed by atoms with E-state index < -0.39 is 0 Å². The molecule has 0 amide bonds. The largest absolute Gasteiger partial charge is 0.462 e. The van der Waals surface area contributed by atoms with Crippen LogP contribution >= 0.6 is 0 Å². The van der Waals surface area contributed by atoms with Gasteiger partial charge in [-0.1, -0.05) is 6.42 Å². The first-order valence-electron chi connectivity index (χ1n) is 6.38. The normalized spacial score (nSPS) is 18.6. The third kappa shape index (κ3) is 3.29. The number of hydrogen-bond acceptors (Lipinski definition) is 3. The van der Waals surface area contributed by atoms with Crippen LogP contribution in [0.2, 0.25) is 0 Å². The quantitative estimate of drug-likeness (QED) is 0.753. The zero-order chi connectivity index (χ0) is 12.1. The van der Waals surface area contributed by atoms with Crippen LogP contribution in [0.1, 0.15) is 50.5 Å². The van der Waals surface area contributed by atoms with E-state index in [9.17, 15) is 4.79 Å². The van der Waals surface area contributed by atoms with Crippen molar-refractivity contribution in [1.82, 2.24) is 4.98 Å². The lowest BCUT2D eigenvalue weighted by Gasteiger charge is -2.23. The van der Waals surface area contributed by atoms with Crippen molar-refractivity contribution in [3.8, 4) is 0 Å². The summed E-state index contributed by atoms with van der Waals surface area (Å²) in [6.45, 7) is 1.89. The summed E-state index contributed by atoms with van der Waals surface area (Å²) in [4.78, 5) is 15.9. The van der Waals surface area contributed by atoms with Crippen molar-refractivity contribution in [2.75, 3.05) is 0 Å². The monoisotopic (exact) mass is 233 g/mol. The van der Waals surface area contributed by atoms with Crippen LogP contribution < -0.4 is 0 Å². The minimum Gasteiger partial charge on any atom is -0.462 e. The van der Waals surface area contributed by atoms with Crippen LogP contribution in [-0.4, -0.2) is 17.1 Å². The fourth-order valence-electron chi connectivity index (χ4n) is 2.24. The second-order valence-electron chi connectivity index (χ2n) is 4.70. The highest BCUT2D eigenvalue weighted by Gasteiger charge is 2.22. The third-order valence-corrected chi connectivity index (χ3v) is 3.39. The maximum atomic E-state index is 12.0. The molecule has 0 aromatic carbocycles. The number of nitrogens with zero attached hydrogens (tertiary/aromatic N) is 1. The van der Waals surface area contributed by atoms with E-state index >= 15 is 0 Å². The second kappa shape index (κ2) is 5.80. The molecule has 0 radical (unpaired) electrons. The third-order valence-electron chi connectivity index (χ3n) is 3.39. The number of hydrogen-bond donors (Lipinski definition) is 0. The van der Waals surface area contributed by atoms with Crippen LogP contribution in [0, 0.1) is 0 Å². The predicted molar refractivity (Wildman–Crippen MR) is 65.6 cm³/mol. The van der Waals surface area contributed by atoms with Crippen LogP contribution in [0.5, 0.6) is 0 Å². The van der Waals surface area contributed by atoms with Crippen LogP contribution in [0.3, 0.4) is 0 Å². The number of rotatable bonds is 3. The first-order chi connectivity index (χ1) is 8.27. The van der Waals surface area contributed by atoms with E-state index in [0.717, 1.165) is 18.4 Å². The molecule has 0 N–H and O–H groups in total. The minimum absolute atomic E-state index is 0.108. The number of esters is 1. The molecule has 17 heavy (non-hydrogen) atoms. The Labute approximate surface area is 102 Å². The molecule has 0 aliphatic heterocycles. The van der Waals surface area contributed by atoms with Gasteiger partial charge in [-0.05, 0) is 50.3 Å². The van der Waals surface area contributed by atoms with Gasteiger partial charge in [0.1, 0.15) is 6.10 Å². The molecule has 3 nitrogen and oxygen atoms in total. The molecule has 0 saturated heterocycles. The minimum atomic E-state index is -0.195. The number of carbonyl (C=O) groups excluding carboxylic acids is 1. The van der Waals surface area contributed by atoms with Crippen molar-refractivity contribution >= 4 is 5.97 Å². The summed E-state index contributed by atoms with van der Waals surface area (Å²) in [5, 5.41) is 0. The van der Waals surface area contributed by atoms with Crippen LogP contribution in [0.25, 0.3) is 0 Å². The van der Waals surface area contributed by atoms with E-state index in [2.05, 4.69) is 4.98 Å². The summed E-state index contributed by atoms with van der Waals surface area (Å²) in [5.74, 6) is -0.303. The van der Waals surface area contributed by atoms with E-state index in [4.69, 9.17) is 4.74 Å². The molecule has 3 heteroatoms. The Balaban J connectivity index is 1.91. The number of carbonyl (C=O) groups is 1. The molecule has 1 atom stereocenters. The van der Waals surface area contributed by atoms with Gasteiger partial charge in [0.15, 0.2) is 0 Å². The van der Waals surface area contributed by atoms with E-state index in [1.54, 1.807) is 12.4 Å². The molecule has 1 saturated carbocycles. The SMILES string of the molecule is C[C@@H](C(=O)OC1CCCCC1)c1ccncc1. The molecule has 0 spiro atoms. The van der Waals surface area contributed by atoms with Gasteiger partial charge < -0.3 is 4.74 Å². The Kier molecular flexibility index (Phi) is 4.13. The van der Waals surface area contributed by atoms with Crippen molar-refractivity contribution in [3.63, 3.8) is 0 Å². The number of ether oxygens (including phenoxy) is 1. The van der Waals surface area contributed by atoms with Crippen molar-refractivity contribution in [1.29, 1.82) is 0 Å². The van der Waals surface area contributed by atoms with Crippen LogP contribution in [0.15, 0.2) is 24.5 Å². The number of pyridine rings is 1. The Bertz CT molecular complexity index is 358. The summed E-state index contributed by atoms with van der Waals surface area (Å²) in [6, 6.07) is 3.74. The standard InChI is InChI=1S/C14H19NO2/c1-11(12-7-9-15-10-8-12)14(16)17-13-5-3-2-4-6-13/h7-11,13H,2-6H2,1H3/t11-/m1/s1. The highest BCUT2D eigenvalue weighted by atomic mass is 16.5. The van der Waals surface area contributed by atoms with E-state index in [1.807, 2.05) is 19.1 Å². The Morgan fingerprint density at radius 2 is 1.94 bits per heavy atom. The molecule has 1 heterocycles. The van der Waals surface area contributed by atoms with Gasteiger partial charge in [-0.25, -0.2) is 0 Å². The maximum absolute atomic E-state index is 12.0. The molecule has 1 aromatic heterocycles. The zero-order valence-corrected chi connectivity index (χ0v) is 10.3. The van der Waals surface area contributed by atoms with Crippen molar-refractivity contribution in [2.45, 2.75) is 51.0 Å². The number of aromatic nitrogens is 1. The van der Waals surface area contributed by atoms with E-state index in [0.29, 0.717) is 0 Å². The summed E-state index contributed by atoms with van der Waals surface area (Å²) in [7, 11) is 0. The Morgan fingerprint density at radius 1 is 1.29 bits per heavy atom. The smallest absolute Gasteiger partial charge is 0.313 e. The summed E-state index contributed by atoms with van der Waals surface area (Å²) < 4.78 is 5.55. The van der Waals surface area contributed by atoms with Crippen molar-refractivity contribution < 1.29 is 9.53 Å². The van der Waals surface area contributed by atoms with Crippen molar-refractivity contribution in [3.05, 3.63) is 30.1 Å². The Hall–Kier alpha value is -1.38. The van der Waals surface area contributed by atoms with Crippen LogP contribution in [-0.2, 0) is 9.53 Å². The first kappa shape index (κ1) is 12.1. The summed E-state index contributed by atoms with van der Waals surface area (Å²) >= 11 is 0. The molecular formula is C14H19NO2. The maximum Gasteiger partial charge on any atom is 0.313 e. The summed E-state index contributed by atoms with van der Waals surface area (Å²) in [6.07, 6.45) is 9.24. The molecule has 2 rings (SSSR count). The van der Waals surface area contributed by atoms with Gasteiger partial charge in [0.2, 0.25) is 0 Å². The van der Waals surface area contributed by atoms with E-state index in [1.165, 1.54) is 19.3 Å². The lowest BCUT2D eigenvalue weighted by atomic mass is 9.97. The first-order valence-corrected chi connectivity index (χ1v) is 6.38. The average Bonchev–Trinajstić information content (AvgIpc) is 2.40. The van der Waals surface area contributed by atoms with Gasteiger partial charge in [0, 0.05) is 12.4 Å². The molecular weight excluding hydrogens is 214 g/mol. The van der Waals surface area contributed by atoms with Gasteiger partial charge >= 0.3 is 5.97 Å². The van der Waals surface area contributed by atoms with Crippen LogP contribution in [0.4, 0.5) is 0 Å². The zero-order valence-electron chi connectivity index (χ0n) is 10.3. The summed E-state index contributed by atoms with van der Waals surface area (Å²) in [5.41, 5.74) is 0.973. The van der Waals surface area contributed by atoms with Gasteiger partial charge in [-0.15, -0.1) is 0 Å². The highest BCUT2D eigenvalue weighted by molar-refractivity contribution is 5.77. The molecule has 1 aliphatic carbocycles. The fraction of sp³-hybridized carbons (Fsp3) is 0.571. The topological polar surface area (TPSA) is 39.2 Å². The highest BCUT2D eigenvalue weighted by Crippen LogP contribution is 2.23. The molecule has 0 bridgehead atoms. The molecule has 1 aliphatic rings. The molecule has 1 aromatic rings. The van der Waals surface area contributed by atoms with Crippen molar-refractivity contribution in [2.24, 2.45) is 0 Å². The van der Waals surface area contributed by atoms with Gasteiger partial charge in [-0.3, -0.25) is 9.78 Å². The lowest BCUT2D eigenvalue weighted by molar-refractivity contribution is -0.151. The second-order valence-corrected chi connectivity index (χ2v) is 4.70. The average molecular weight is 233 g/mol. The molecule has 0 unspecified atom stereocenters. The predicted octanol–water partition coefficient (Wildman–Crippen LogP) is 3.06. The molecule has 1 fully saturated rings. The van der Waals surface area contributed by atoms with E-state index in [-0.39, 0.29) is 18.0 Å². The molecule has 92 valence electrons. The van der Waals surface area contributed by atoms with Gasteiger partial charge in [0.25, 0.3) is 0 Å². The van der Waals surface area contributed by atoms with Gasteiger partial charge in [0.05, 0.1) is 5.92 Å². The fourth-order valence-corrected chi connectivity index (χ4v) is 2.24. The Morgan fingerprint density at radius 3 is 2.59 bits per heavy atom. The van der Waals surface area contributed by atoms with Gasteiger partial charge in [-0.2, -0.15) is 0 Å². The lowest BCUT2D eigenvalue weighted by Crippen LogP contribution is -2.23.